The number of nitrogens with two attached hydrogens (primary N) is 1. The van der Waals surface area contributed by atoms with Crippen molar-refractivity contribution in [1.82, 2.24) is 4.72 Å². The van der Waals surface area contributed by atoms with Crippen LogP contribution in [0.4, 0.5) is 0 Å². The highest BCUT2D eigenvalue weighted by Gasteiger charge is 2.13. The van der Waals surface area contributed by atoms with E-state index in [0.717, 1.165) is 5.56 Å². The molecule has 1 aromatic carbocycles. The van der Waals surface area contributed by atoms with Gasteiger partial charge in [0.25, 0.3) is 0 Å². The van der Waals surface area contributed by atoms with Crippen molar-refractivity contribution in [3.63, 3.8) is 0 Å². The summed E-state index contributed by atoms with van der Waals surface area (Å²) in [7, 11) is -3.43. The fourth-order valence-corrected chi connectivity index (χ4v) is 2.52. The molecule has 0 amide bonds. The minimum Gasteiger partial charge on any atom is -0.326 e. The van der Waals surface area contributed by atoms with E-state index >= 15 is 0 Å². The Morgan fingerprint density at radius 2 is 2.13 bits per heavy atom. The van der Waals surface area contributed by atoms with Gasteiger partial charge in [-0.1, -0.05) is 24.6 Å². The van der Waals surface area contributed by atoms with E-state index < -0.39 is 10.0 Å². The monoisotopic (exact) mass is 248 g/mol. The van der Waals surface area contributed by atoms with Crippen LogP contribution in [0.3, 0.4) is 0 Å². The molecule has 0 radical (unpaired) electrons. The van der Waals surface area contributed by atoms with Gasteiger partial charge in [0, 0.05) is 18.1 Å². The van der Waals surface area contributed by atoms with E-state index in [1.165, 1.54) is 12.1 Å². The molecule has 0 bridgehead atoms. The first kappa shape index (κ1) is 12.4. The molecule has 0 heterocycles. The largest absolute Gasteiger partial charge is 0.326 e. The van der Waals surface area contributed by atoms with E-state index in [2.05, 4.69) is 4.72 Å². The molecule has 0 aliphatic carbocycles. The highest BCUT2D eigenvalue weighted by Crippen LogP contribution is 2.20. The molecule has 0 aromatic heterocycles. The molecule has 0 unspecified atom stereocenters. The molecule has 1 rings (SSSR count). The van der Waals surface area contributed by atoms with E-state index in [9.17, 15) is 8.42 Å². The van der Waals surface area contributed by atoms with Crippen molar-refractivity contribution < 1.29 is 8.42 Å². The number of nitrogens with one attached hydrogen (secondary N) is 1. The average molecular weight is 249 g/mol. The molecule has 0 aliphatic rings. The van der Waals surface area contributed by atoms with Crippen molar-refractivity contribution in [2.75, 3.05) is 6.54 Å². The summed E-state index contributed by atoms with van der Waals surface area (Å²) in [6.07, 6.45) is 0. The van der Waals surface area contributed by atoms with Crippen molar-refractivity contribution in [3.05, 3.63) is 28.8 Å². The molecular weight excluding hydrogens is 236 g/mol. The van der Waals surface area contributed by atoms with Crippen molar-refractivity contribution in [2.24, 2.45) is 5.73 Å². The topological polar surface area (TPSA) is 72.2 Å². The fourth-order valence-electron chi connectivity index (χ4n) is 1.13. The van der Waals surface area contributed by atoms with Gasteiger partial charge in [0.05, 0.1) is 4.90 Å². The van der Waals surface area contributed by atoms with Crippen LogP contribution in [0.15, 0.2) is 23.1 Å². The van der Waals surface area contributed by atoms with Gasteiger partial charge < -0.3 is 5.73 Å². The minimum atomic E-state index is -3.43. The fraction of sp³-hybridized carbons (Fsp3) is 0.333. The first-order chi connectivity index (χ1) is 7.01. The van der Waals surface area contributed by atoms with Crippen LogP contribution in [0.5, 0.6) is 0 Å². The van der Waals surface area contributed by atoms with Gasteiger partial charge in [-0.25, -0.2) is 13.1 Å². The maximum Gasteiger partial charge on any atom is 0.240 e. The summed E-state index contributed by atoms with van der Waals surface area (Å²) < 4.78 is 25.6. The summed E-state index contributed by atoms with van der Waals surface area (Å²) >= 11 is 5.86. The summed E-state index contributed by atoms with van der Waals surface area (Å²) in [6, 6.07) is 4.51. The second-order valence-corrected chi connectivity index (χ2v) is 5.13. The van der Waals surface area contributed by atoms with Crippen molar-refractivity contribution in [1.29, 1.82) is 0 Å². The molecule has 1 aromatic rings. The zero-order chi connectivity index (χ0) is 11.5. The van der Waals surface area contributed by atoms with E-state index in [4.69, 9.17) is 17.3 Å². The van der Waals surface area contributed by atoms with Crippen LogP contribution in [0, 0.1) is 0 Å². The van der Waals surface area contributed by atoms with Crippen molar-refractivity contribution in [2.45, 2.75) is 18.4 Å². The Hall–Kier alpha value is -0.620. The lowest BCUT2D eigenvalue weighted by atomic mass is 10.2. The lowest BCUT2D eigenvalue weighted by molar-refractivity contribution is 0.584. The molecule has 84 valence electrons. The SMILES string of the molecule is CCNS(=O)(=O)c1ccc(CN)c(Cl)c1. The predicted octanol–water partition coefficient (Wildman–Crippen LogP) is 1.10. The number of sulfonamides is 1. The number of hydrogen-bond acceptors (Lipinski definition) is 3. The Balaban J connectivity index is 3.13. The van der Waals surface area contributed by atoms with Gasteiger partial charge in [-0.3, -0.25) is 0 Å². The minimum absolute atomic E-state index is 0.159. The lowest BCUT2D eigenvalue weighted by Gasteiger charge is -2.06. The van der Waals surface area contributed by atoms with Gasteiger partial charge in [-0.15, -0.1) is 0 Å². The number of benzene rings is 1. The van der Waals surface area contributed by atoms with E-state index in [-0.39, 0.29) is 4.90 Å². The van der Waals surface area contributed by atoms with Crippen LogP contribution in [0.25, 0.3) is 0 Å². The molecule has 0 aliphatic heterocycles. The summed E-state index contributed by atoms with van der Waals surface area (Å²) in [6.45, 7) is 2.35. The molecule has 3 N–H and O–H groups in total. The number of hydrogen-bond donors (Lipinski definition) is 2. The average Bonchev–Trinajstić information content (AvgIpc) is 2.17. The molecule has 0 atom stereocenters. The highest BCUT2D eigenvalue weighted by molar-refractivity contribution is 7.89. The molecule has 0 fully saturated rings. The predicted molar refractivity (Wildman–Crippen MR) is 60.2 cm³/mol. The summed E-state index contributed by atoms with van der Waals surface area (Å²) in [5.41, 5.74) is 6.15. The molecule has 0 spiro atoms. The van der Waals surface area contributed by atoms with E-state index in [0.29, 0.717) is 18.1 Å². The maximum atomic E-state index is 11.6. The smallest absolute Gasteiger partial charge is 0.240 e. The Bertz CT molecular complexity index is 445. The lowest BCUT2D eigenvalue weighted by Crippen LogP contribution is -2.23. The van der Waals surface area contributed by atoms with Crippen molar-refractivity contribution >= 4 is 21.6 Å². The number of rotatable bonds is 4. The van der Waals surface area contributed by atoms with Gasteiger partial charge in [-0.05, 0) is 17.7 Å². The summed E-state index contributed by atoms with van der Waals surface area (Å²) in [5.74, 6) is 0. The van der Waals surface area contributed by atoms with Crippen molar-refractivity contribution in [3.8, 4) is 0 Å². The Morgan fingerprint density at radius 1 is 1.47 bits per heavy atom. The Kier molecular flexibility index (Phi) is 4.10. The second-order valence-electron chi connectivity index (χ2n) is 2.96. The van der Waals surface area contributed by atoms with Gasteiger partial charge in [-0.2, -0.15) is 0 Å². The Labute approximate surface area is 94.5 Å². The van der Waals surface area contributed by atoms with Crippen LogP contribution in [0.1, 0.15) is 12.5 Å². The quantitative estimate of drug-likeness (QED) is 0.838. The third-order valence-corrected chi connectivity index (χ3v) is 3.78. The standard InChI is InChI=1S/C9H13ClN2O2S/c1-2-12-15(13,14)8-4-3-7(6-11)9(10)5-8/h3-5,12H,2,6,11H2,1H3. The summed E-state index contributed by atoms with van der Waals surface area (Å²) in [5, 5.41) is 0.372. The third-order valence-electron chi connectivity index (χ3n) is 1.89. The van der Waals surface area contributed by atoms with Gasteiger partial charge >= 0.3 is 0 Å². The molecular formula is C9H13ClN2O2S. The molecule has 15 heavy (non-hydrogen) atoms. The van der Waals surface area contributed by atoms with Crippen LogP contribution in [0.2, 0.25) is 5.02 Å². The third kappa shape index (κ3) is 2.92. The first-order valence-electron chi connectivity index (χ1n) is 4.49. The van der Waals surface area contributed by atoms with Crippen LogP contribution < -0.4 is 10.5 Å². The van der Waals surface area contributed by atoms with Crippen LogP contribution >= 0.6 is 11.6 Å². The van der Waals surface area contributed by atoms with Crippen LogP contribution in [-0.4, -0.2) is 15.0 Å². The first-order valence-corrected chi connectivity index (χ1v) is 6.35. The molecule has 0 saturated heterocycles. The van der Waals surface area contributed by atoms with Gasteiger partial charge in [0.2, 0.25) is 10.0 Å². The zero-order valence-electron chi connectivity index (χ0n) is 8.33. The normalized spacial score (nSPS) is 11.7. The van der Waals surface area contributed by atoms with Crippen LogP contribution in [-0.2, 0) is 16.6 Å². The summed E-state index contributed by atoms with van der Waals surface area (Å²) in [4.78, 5) is 0.159. The molecule has 0 saturated carbocycles. The van der Waals surface area contributed by atoms with E-state index in [1.807, 2.05) is 0 Å². The number of halogens is 1. The maximum absolute atomic E-state index is 11.6. The van der Waals surface area contributed by atoms with E-state index in [1.54, 1.807) is 13.0 Å². The zero-order valence-corrected chi connectivity index (χ0v) is 9.90. The van der Waals surface area contributed by atoms with Gasteiger partial charge in [0.1, 0.15) is 0 Å². The van der Waals surface area contributed by atoms with Gasteiger partial charge in [0.15, 0.2) is 0 Å². The Morgan fingerprint density at radius 3 is 2.60 bits per heavy atom. The molecule has 4 nitrogen and oxygen atoms in total. The molecule has 6 heteroatoms. The second kappa shape index (κ2) is 4.94. The highest BCUT2D eigenvalue weighted by atomic mass is 35.5.